The van der Waals surface area contributed by atoms with Gasteiger partial charge in [-0.2, -0.15) is 13.2 Å². The molecule has 6 nitrogen and oxygen atoms in total. The van der Waals surface area contributed by atoms with Gasteiger partial charge in [-0.05, 0) is 43.2 Å². The predicted octanol–water partition coefficient (Wildman–Crippen LogP) is 5.94. The molecule has 35 heavy (non-hydrogen) atoms. The number of ether oxygens (including phenoxy) is 2. The molecule has 1 aromatic heterocycles. The van der Waals surface area contributed by atoms with Gasteiger partial charge in [-0.3, -0.25) is 0 Å². The summed E-state index contributed by atoms with van der Waals surface area (Å²) in [5.74, 6) is 1.27. The second kappa shape index (κ2) is 9.87. The molecule has 12 heteroatoms. The van der Waals surface area contributed by atoms with Crippen molar-refractivity contribution in [3.8, 4) is 22.8 Å². The summed E-state index contributed by atoms with van der Waals surface area (Å²) in [5.41, 5.74) is 0.477. The van der Waals surface area contributed by atoms with Crippen LogP contribution in [0, 0.1) is 0 Å². The van der Waals surface area contributed by atoms with Crippen molar-refractivity contribution in [1.29, 1.82) is 0 Å². The maximum Gasteiger partial charge on any atom is 0.416 e. The van der Waals surface area contributed by atoms with E-state index in [4.69, 9.17) is 26.1 Å². The Kier molecular flexibility index (Phi) is 7.21. The Morgan fingerprint density at radius 3 is 2.43 bits per heavy atom. The van der Waals surface area contributed by atoms with Gasteiger partial charge in [0.1, 0.15) is 11.5 Å². The minimum atomic E-state index is -4.66. The molecule has 2 heterocycles. The first-order valence-electron chi connectivity index (χ1n) is 10.6. The fraction of sp³-hybridized carbons (Fsp3) is 0.348. The third-order valence-corrected chi connectivity index (χ3v) is 9.54. The minimum absolute atomic E-state index is 0.210. The largest absolute Gasteiger partial charge is 0.497 e. The first-order valence-corrected chi connectivity index (χ1v) is 13.4. The number of hydrogen-bond acceptors (Lipinski definition) is 7. The molecule has 0 spiro atoms. The van der Waals surface area contributed by atoms with E-state index in [0.29, 0.717) is 30.7 Å². The number of hydrogen-bond donors (Lipinski definition) is 0. The van der Waals surface area contributed by atoms with Gasteiger partial charge < -0.3 is 14.4 Å². The first kappa shape index (κ1) is 25.6. The van der Waals surface area contributed by atoms with E-state index >= 15 is 0 Å². The first-order chi connectivity index (χ1) is 16.5. The number of anilines is 1. The number of aromatic nitrogens is 1. The maximum absolute atomic E-state index is 13.1. The fourth-order valence-corrected chi connectivity index (χ4v) is 7.12. The Labute approximate surface area is 210 Å². The molecule has 0 bridgehead atoms. The Morgan fingerprint density at radius 2 is 1.80 bits per heavy atom. The maximum atomic E-state index is 13.1. The molecule has 0 amide bonds. The highest BCUT2D eigenvalue weighted by Gasteiger charge is 2.37. The number of halogens is 4. The smallest absolute Gasteiger partial charge is 0.416 e. The number of piperidine rings is 1. The van der Waals surface area contributed by atoms with E-state index in [2.05, 4.69) is 0 Å². The molecule has 0 unspecified atom stereocenters. The van der Waals surface area contributed by atoms with Crippen LogP contribution in [-0.4, -0.2) is 46.0 Å². The molecule has 0 N–H and O–H groups in total. The lowest BCUT2D eigenvalue weighted by atomic mass is 10.1. The number of nitrogens with zero attached hydrogens (tertiary/aromatic N) is 2. The molecule has 1 aliphatic rings. The number of benzene rings is 2. The van der Waals surface area contributed by atoms with E-state index in [1.807, 2.05) is 22.4 Å². The van der Waals surface area contributed by atoms with Crippen LogP contribution in [0.4, 0.5) is 18.3 Å². The minimum Gasteiger partial charge on any atom is -0.497 e. The molecule has 0 saturated carbocycles. The average Bonchev–Trinajstić information content (AvgIpc) is 3.33. The molecule has 1 saturated heterocycles. The molecule has 2 aromatic carbocycles. The molecular formula is C23H22ClF3N2O4S2. The number of thiazole rings is 1. The SMILES string of the molecule is COc1ccc(-c2csc(N3CCC(S(=O)(=O)c4cc(C(F)(F)F)ccc4Cl)CC3)n2)c(OC)c1. The highest BCUT2D eigenvalue weighted by molar-refractivity contribution is 7.92. The Bertz CT molecular complexity index is 1320. The van der Waals surface area contributed by atoms with Crippen LogP contribution in [0.25, 0.3) is 11.3 Å². The van der Waals surface area contributed by atoms with Gasteiger partial charge in [-0.1, -0.05) is 11.6 Å². The molecule has 1 fully saturated rings. The van der Waals surface area contributed by atoms with E-state index in [-0.39, 0.29) is 17.9 Å². The summed E-state index contributed by atoms with van der Waals surface area (Å²) in [7, 11) is -0.906. The van der Waals surface area contributed by atoms with Crippen LogP contribution in [0.1, 0.15) is 18.4 Å². The number of methoxy groups -OCH3 is 2. The Balaban J connectivity index is 1.50. The summed E-state index contributed by atoms with van der Waals surface area (Å²) in [6, 6.07) is 7.82. The molecule has 0 aliphatic carbocycles. The molecule has 1 aliphatic heterocycles. The van der Waals surface area contributed by atoms with Gasteiger partial charge in [0.2, 0.25) is 0 Å². The number of rotatable bonds is 6. The Morgan fingerprint density at radius 1 is 1.09 bits per heavy atom. The van der Waals surface area contributed by atoms with Crippen molar-refractivity contribution in [2.24, 2.45) is 0 Å². The second-order valence-corrected chi connectivity index (χ2v) is 11.4. The zero-order valence-electron chi connectivity index (χ0n) is 18.8. The monoisotopic (exact) mass is 546 g/mol. The van der Waals surface area contributed by atoms with Crippen molar-refractivity contribution in [2.45, 2.75) is 29.2 Å². The van der Waals surface area contributed by atoms with Crippen LogP contribution in [0.2, 0.25) is 5.02 Å². The van der Waals surface area contributed by atoms with Gasteiger partial charge in [-0.15, -0.1) is 11.3 Å². The van der Waals surface area contributed by atoms with Crippen molar-refractivity contribution in [1.82, 2.24) is 4.98 Å². The lowest BCUT2D eigenvalue weighted by molar-refractivity contribution is -0.137. The normalized spacial score (nSPS) is 15.3. The fourth-order valence-electron chi connectivity index (χ4n) is 3.98. The lowest BCUT2D eigenvalue weighted by Crippen LogP contribution is -2.39. The van der Waals surface area contributed by atoms with Crippen LogP contribution in [0.15, 0.2) is 46.7 Å². The van der Waals surface area contributed by atoms with E-state index in [9.17, 15) is 21.6 Å². The predicted molar refractivity (Wildman–Crippen MR) is 130 cm³/mol. The second-order valence-electron chi connectivity index (χ2n) is 7.96. The third-order valence-electron chi connectivity index (χ3n) is 5.89. The van der Waals surface area contributed by atoms with Crippen molar-refractivity contribution in [3.05, 3.63) is 52.4 Å². The zero-order chi connectivity index (χ0) is 25.4. The molecule has 0 atom stereocenters. The highest BCUT2D eigenvalue weighted by Crippen LogP contribution is 2.38. The summed E-state index contributed by atoms with van der Waals surface area (Å²) in [6.07, 6.45) is -4.17. The van der Waals surface area contributed by atoms with Crippen molar-refractivity contribution < 1.29 is 31.1 Å². The van der Waals surface area contributed by atoms with E-state index in [1.54, 1.807) is 20.3 Å². The van der Waals surface area contributed by atoms with Crippen molar-refractivity contribution >= 4 is 37.9 Å². The highest BCUT2D eigenvalue weighted by atomic mass is 35.5. The van der Waals surface area contributed by atoms with Gasteiger partial charge in [-0.25, -0.2) is 13.4 Å². The van der Waals surface area contributed by atoms with E-state index in [1.165, 1.54) is 11.3 Å². The summed E-state index contributed by atoms with van der Waals surface area (Å²) < 4.78 is 76.3. The summed E-state index contributed by atoms with van der Waals surface area (Å²) in [4.78, 5) is 6.19. The molecule has 4 rings (SSSR count). The quantitative estimate of drug-likeness (QED) is 0.381. The molecular weight excluding hydrogens is 525 g/mol. The number of sulfone groups is 1. The van der Waals surface area contributed by atoms with Gasteiger partial charge in [0.05, 0.1) is 40.6 Å². The van der Waals surface area contributed by atoms with Crippen LogP contribution in [-0.2, 0) is 16.0 Å². The van der Waals surface area contributed by atoms with Crippen molar-refractivity contribution in [2.75, 3.05) is 32.2 Å². The van der Waals surface area contributed by atoms with Crippen molar-refractivity contribution in [3.63, 3.8) is 0 Å². The van der Waals surface area contributed by atoms with Crippen LogP contribution >= 0.6 is 22.9 Å². The van der Waals surface area contributed by atoms with Gasteiger partial charge in [0, 0.05) is 30.1 Å². The van der Waals surface area contributed by atoms with Crippen LogP contribution in [0.3, 0.4) is 0 Å². The Hall–Kier alpha value is -2.50. The molecule has 188 valence electrons. The van der Waals surface area contributed by atoms with Gasteiger partial charge in [0.25, 0.3) is 0 Å². The van der Waals surface area contributed by atoms with Gasteiger partial charge >= 0.3 is 6.18 Å². The van der Waals surface area contributed by atoms with Crippen LogP contribution < -0.4 is 14.4 Å². The van der Waals surface area contributed by atoms with Crippen LogP contribution in [0.5, 0.6) is 11.5 Å². The summed E-state index contributed by atoms with van der Waals surface area (Å²) >= 11 is 7.42. The van der Waals surface area contributed by atoms with E-state index in [0.717, 1.165) is 28.5 Å². The average molecular weight is 547 g/mol. The topological polar surface area (TPSA) is 68.7 Å². The summed E-state index contributed by atoms with van der Waals surface area (Å²) in [6.45, 7) is 0.792. The third kappa shape index (κ3) is 5.22. The summed E-state index contributed by atoms with van der Waals surface area (Å²) in [5, 5.41) is 1.58. The van der Waals surface area contributed by atoms with E-state index < -0.39 is 31.7 Å². The molecule has 3 aromatic rings. The lowest BCUT2D eigenvalue weighted by Gasteiger charge is -2.31. The zero-order valence-corrected chi connectivity index (χ0v) is 21.2. The molecule has 0 radical (unpaired) electrons. The van der Waals surface area contributed by atoms with Gasteiger partial charge in [0.15, 0.2) is 15.0 Å². The number of alkyl halides is 3. The standard InChI is InChI=1S/C23H22ClF3N2O4S2/c1-32-15-4-5-17(20(12-15)33-2)19-13-34-22(28-19)29-9-7-16(8-10-29)35(30,31)21-11-14(23(25,26)27)3-6-18(21)24/h3-6,11-13,16H,7-10H2,1-2H3.